The summed E-state index contributed by atoms with van der Waals surface area (Å²) >= 11 is 0. The third-order valence-electron chi connectivity index (χ3n) is 8.61. The van der Waals surface area contributed by atoms with Gasteiger partial charge in [0.15, 0.2) is 0 Å². The van der Waals surface area contributed by atoms with Gasteiger partial charge in [0.2, 0.25) is 11.9 Å². The molecule has 8 heteroatoms. The highest BCUT2D eigenvalue weighted by atomic mass is 16.3. The van der Waals surface area contributed by atoms with Gasteiger partial charge >= 0.3 is 0 Å². The Morgan fingerprint density at radius 3 is 2.64 bits per heavy atom. The molecule has 0 bridgehead atoms. The standard InChI is InChI=1S/C28H44N6O2/c1-3-6-19(2)31-28-30-17-23-24(18-34(26(23)32-28)21-8-10-22(35)11-9-21)20-12-15-33(16-13-20)27(36)25-7-4-5-14-29-25/h17-22,25,29,35H,3-16H2,1-2H3,(H,30,31,32)/t19-,21-,22-,25+/m0/s1. The van der Waals surface area contributed by atoms with Crippen LogP contribution in [0.1, 0.15) is 102 Å². The summed E-state index contributed by atoms with van der Waals surface area (Å²) < 4.78 is 2.37. The normalized spacial score (nSPS) is 26.8. The first-order valence-electron chi connectivity index (χ1n) is 14.4. The Bertz CT molecular complexity index is 1020. The van der Waals surface area contributed by atoms with Gasteiger partial charge in [0.05, 0.1) is 12.1 Å². The first kappa shape index (κ1) is 25.5. The molecule has 2 saturated heterocycles. The lowest BCUT2D eigenvalue weighted by Crippen LogP contribution is -2.50. The van der Waals surface area contributed by atoms with Crippen molar-refractivity contribution in [2.45, 2.75) is 115 Å². The summed E-state index contributed by atoms with van der Waals surface area (Å²) in [4.78, 5) is 24.8. The van der Waals surface area contributed by atoms with Crippen molar-refractivity contribution in [3.63, 3.8) is 0 Å². The molecule has 5 rings (SSSR count). The van der Waals surface area contributed by atoms with Crippen molar-refractivity contribution in [1.82, 2.24) is 24.8 Å². The number of piperidine rings is 2. The number of aliphatic hydroxyl groups excluding tert-OH is 1. The van der Waals surface area contributed by atoms with Crippen molar-refractivity contribution in [2.24, 2.45) is 0 Å². The molecule has 3 N–H and O–H groups in total. The zero-order valence-electron chi connectivity index (χ0n) is 22.1. The Kier molecular flexibility index (Phi) is 8.11. The van der Waals surface area contributed by atoms with Gasteiger partial charge in [-0.25, -0.2) is 4.98 Å². The summed E-state index contributed by atoms with van der Waals surface area (Å²) in [5, 5.41) is 18.1. The summed E-state index contributed by atoms with van der Waals surface area (Å²) in [5.74, 6) is 1.40. The van der Waals surface area contributed by atoms with E-state index < -0.39 is 0 Å². The second kappa shape index (κ2) is 11.5. The molecule has 2 atom stereocenters. The van der Waals surface area contributed by atoms with Crippen molar-refractivity contribution in [2.75, 3.05) is 25.0 Å². The molecule has 2 aliphatic heterocycles. The van der Waals surface area contributed by atoms with Gasteiger partial charge in [-0.15, -0.1) is 0 Å². The molecule has 36 heavy (non-hydrogen) atoms. The molecule has 0 aromatic carbocycles. The Hall–Kier alpha value is -2.19. The average Bonchev–Trinajstić information content (AvgIpc) is 3.28. The molecular weight excluding hydrogens is 452 g/mol. The van der Waals surface area contributed by atoms with Crippen molar-refractivity contribution >= 4 is 22.9 Å². The summed E-state index contributed by atoms with van der Waals surface area (Å²) in [7, 11) is 0. The van der Waals surface area contributed by atoms with Crippen LogP contribution in [0.25, 0.3) is 11.0 Å². The monoisotopic (exact) mass is 496 g/mol. The minimum Gasteiger partial charge on any atom is -0.393 e. The molecule has 2 aromatic heterocycles. The molecule has 0 spiro atoms. The van der Waals surface area contributed by atoms with E-state index in [1.54, 1.807) is 0 Å². The lowest BCUT2D eigenvalue weighted by Gasteiger charge is -2.35. The van der Waals surface area contributed by atoms with E-state index >= 15 is 0 Å². The van der Waals surface area contributed by atoms with Crippen LogP contribution in [0.2, 0.25) is 0 Å². The van der Waals surface area contributed by atoms with E-state index in [1.807, 2.05) is 6.20 Å². The van der Waals surface area contributed by atoms with Crippen molar-refractivity contribution < 1.29 is 9.90 Å². The molecule has 4 heterocycles. The third-order valence-corrected chi connectivity index (χ3v) is 8.61. The number of hydrogen-bond acceptors (Lipinski definition) is 6. The predicted octanol–water partition coefficient (Wildman–Crippen LogP) is 4.36. The maximum absolute atomic E-state index is 13.0. The Balaban J connectivity index is 1.36. The second-order valence-corrected chi connectivity index (χ2v) is 11.3. The third kappa shape index (κ3) is 5.54. The molecule has 1 saturated carbocycles. The Morgan fingerprint density at radius 1 is 1.17 bits per heavy atom. The minimum atomic E-state index is -0.176. The van der Waals surface area contributed by atoms with E-state index in [2.05, 4.69) is 40.1 Å². The van der Waals surface area contributed by atoms with Crippen LogP contribution >= 0.6 is 0 Å². The summed E-state index contributed by atoms with van der Waals surface area (Å²) in [6.45, 7) is 6.97. The van der Waals surface area contributed by atoms with Gasteiger partial charge < -0.3 is 25.2 Å². The molecular formula is C28H44N6O2. The van der Waals surface area contributed by atoms with Crippen LogP contribution < -0.4 is 10.6 Å². The average molecular weight is 497 g/mol. The molecule has 0 unspecified atom stereocenters. The van der Waals surface area contributed by atoms with Crippen LogP contribution in [-0.4, -0.2) is 68.3 Å². The van der Waals surface area contributed by atoms with E-state index in [4.69, 9.17) is 9.97 Å². The molecule has 1 aliphatic carbocycles. The molecule has 3 fully saturated rings. The maximum atomic E-state index is 13.0. The van der Waals surface area contributed by atoms with Crippen LogP contribution in [0.5, 0.6) is 0 Å². The molecule has 3 aliphatic rings. The fraction of sp³-hybridized carbons (Fsp3) is 0.750. The van der Waals surface area contributed by atoms with E-state index in [0.717, 1.165) is 94.9 Å². The van der Waals surface area contributed by atoms with Gasteiger partial charge in [-0.05, 0) is 82.7 Å². The topological polar surface area (TPSA) is 95.3 Å². The summed E-state index contributed by atoms with van der Waals surface area (Å²) in [6, 6.07) is 0.702. The Morgan fingerprint density at radius 2 is 1.94 bits per heavy atom. The maximum Gasteiger partial charge on any atom is 0.239 e. The van der Waals surface area contributed by atoms with Crippen LogP contribution in [0.15, 0.2) is 12.4 Å². The van der Waals surface area contributed by atoms with Crippen molar-refractivity contribution in [3.05, 3.63) is 18.0 Å². The number of likely N-dealkylation sites (tertiary alicyclic amines) is 1. The number of hydrogen-bond donors (Lipinski definition) is 3. The highest BCUT2D eigenvalue weighted by molar-refractivity contribution is 5.83. The quantitative estimate of drug-likeness (QED) is 0.527. The number of rotatable bonds is 7. The van der Waals surface area contributed by atoms with Crippen LogP contribution in [0, 0.1) is 0 Å². The van der Waals surface area contributed by atoms with Gasteiger partial charge in [0, 0.05) is 43.0 Å². The van der Waals surface area contributed by atoms with Crippen LogP contribution in [0.4, 0.5) is 5.95 Å². The lowest BCUT2D eigenvalue weighted by molar-refractivity contribution is -0.135. The molecule has 0 radical (unpaired) electrons. The summed E-state index contributed by atoms with van der Waals surface area (Å²) in [5.41, 5.74) is 2.34. The van der Waals surface area contributed by atoms with Gasteiger partial charge in [0.25, 0.3) is 0 Å². The first-order chi connectivity index (χ1) is 17.5. The molecule has 1 amide bonds. The number of fused-ring (bicyclic) bond motifs is 1. The SMILES string of the molecule is CCC[C@H](C)Nc1ncc2c(C3CCN(C(=O)[C@H]4CCCCN4)CC3)cn([C@H]3CC[C@H](O)CC3)c2n1. The fourth-order valence-electron chi connectivity index (χ4n) is 6.48. The number of anilines is 1. The fourth-order valence-corrected chi connectivity index (χ4v) is 6.48. The molecule has 8 nitrogen and oxygen atoms in total. The Labute approximate surface area is 215 Å². The highest BCUT2D eigenvalue weighted by Crippen LogP contribution is 2.38. The van der Waals surface area contributed by atoms with Crippen molar-refractivity contribution in [1.29, 1.82) is 0 Å². The second-order valence-electron chi connectivity index (χ2n) is 11.3. The zero-order chi connectivity index (χ0) is 25.1. The number of nitrogens with zero attached hydrogens (tertiary/aromatic N) is 4. The lowest BCUT2D eigenvalue weighted by atomic mass is 9.89. The number of amides is 1. The molecule has 2 aromatic rings. The summed E-state index contributed by atoms with van der Waals surface area (Å²) in [6.07, 6.45) is 15.3. The van der Waals surface area contributed by atoms with E-state index in [0.29, 0.717) is 23.9 Å². The minimum absolute atomic E-state index is 0.00767. The smallest absolute Gasteiger partial charge is 0.239 e. The van der Waals surface area contributed by atoms with E-state index in [-0.39, 0.29) is 18.1 Å². The predicted molar refractivity (Wildman–Crippen MR) is 143 cm³/mol. The van der Waals surface area contributed by atoms with E-state index in [1.165, 1.54) is 12.0 Å². The van der Waals surface area contributed by atoms with Gasteiger partial charge in [0.1, 0.15) is 5.65 Å². The first-order valence-corrected chi connectivity index (χ1v) is 14.4. The number of aliphatic hydroxyl groups is 1. The van der Waals surface area contributed by atoms with E-state index in [9.17, 15) is 9.90 Å². The largest absolute Gasteiger partial charge is 0.393 e. The number of carbonyl (C=O) groups is 1. The zero-order valence-corrected chi connectivity index (χ0v) is 22.1. The number of nitrogens with one attached hydrogen (secondary N) is 2. The molecule has 198 valence electrons. The van der Waals surface area contributed by atoms with Crippen LogP contribution in [-0.2, 0) is 4.79 Å². The number of aromatic nitrogens is 3. The number of carbonyl (C=O) groups excluding carboxylic acids is 1. The van der Waals surface area contributed by atoms with Crippen LogP contribution in [0.3, 0.4) is 0 Å². The van der Waals surface area contributed by atoms with Gasteiger partial charge in [-0.2, -0.15) is 4.98 Å². The highest BCUT2D eigenvalue weighted by Gasteiger charge is 2.32. The van der Waals surface area contributed by atoms with Crippen molar-refractivity contribution in [3.8, 4) is 0 Å². The van der Waals surface area contributed by atoms with Gasteiger partial charge in [-0.3, -0.25) is 4.79 Å². The van der Waals surface area contributed by atoms with Gasteiger partial charge in [-0.1, -0.05) is 19.8 Å².